The quantitative estimate of drug-likeness (QED) is 0.305. The third-order valence-corrected chi connectivity index (χ3v) is 8.66. The number of benzene rings is 2. The summed E-state index contributed by atoms with van der Waals surface area (Å²) in [7, 11) is 1.46. The highest BCUT2D eigenvalue weighted by molar-refractivity contribution is 7.32. The van der Waals surface area contributed by atoms with Crippen LogP contribution >= 0.6 is 16.4 Å². The van der Waals surface area contributed by atoms with Gasteiger partial charge in [-0.3, -0.25) is 0 Å². The van der Waals surface area contributed by atoms with E-state index in [1.165, 1.54) is 55.1 Å². The fourth-order valence-electron chi connectivity index (χ4n) is 3.74. The summed E-state index contributed by atoms with van der Waals surface area (Å²) in [5.41, 5.74) is 11.2. The van der Waals surface area contributed by atoms with Gasteiger partial charge < -0.3 is 0 Å². The molecule has 0 bridgehead atoms. The van der Waals surface area contributed by atoms with Crippen molar-refractivity contribution < 1.29 is 0 Å². The molecular weight excluding hydrogens is 374 g/mol. The number of rotatable bonds is 4. The molecule has 0 saturated heterocycles. The molecule has 2 unspecified atom stereocenters. The van der Waals surface area contributed by atoms with Crippen LogP contribution in [0.3, 0.4) is 0 Å². The zero-order valence-electron chi connectivity index (χ0n) is 16.9. The first-order valence-electron chi connectivity index (χ1n) is 9.73. The van der Waals surface area contributed by atoms with Crippen LogP contribution in [-0.2, 0) is 0 Å². The molecule has 0 aliphatic carbocycles. The molecule has 0 N–H and O–H groups in total. The summed E-state index contributed by atoms with van der Waals surface area (Å²) >= 11 is 0. The molecular formula is C26H26P2. The highest BCUT2D eigenvalue weighted by Crippen LogP contribution is 2.46. The van der Waals surface area contributed by atoms with E-state index < -0.39 is 0 Å². The monoisotopic (exact) mass is 400 g/mol. The molecule has 0 amide bonds. The standard InChI is InChI=1S/C26H26P2/c1-17-15-27-25(19(17)3)23(21-11-7-5-8-12-21)24(22-13-9-6-10-14-22)26-20(4)18(2)16-28-26/h5-16,27-28H,1-4H3/b24-23+. The molecule has 2 aromatic heterocycles. The van der Waals surface area contributed by atoms with E-state index in [1.807, 2.05) is 0 Å². The van der Waals surface area contributed by atoms with Crippen molar-refractivity contribution in [3.05, 3.63) is 116 Å². The van der Waals surface area contributed by atoms with Gasteiger partial charge in [-0.1, -0.05) is 60.7 Å². The average Bonchev–Trinajstić information content (AvgIpc) is 3.23. The van der Waals surface area contributed by atoms with Crippen molar-refractivity contribution in [2.45, 2.75) is 27.7 Å². The van der Waals surface area contributed by atoms with E-state index in [4.69, 9.17) is 0 Å². The highest BCUT2D eigenvalue weighted by Gasteiger charge is 2.20. The minimum absolute atomic E-state index is 0.729. The Balaban J connectivity index is 2.15. The maximum atomic E-state index is 2.40. The molecule has 4 aromatic rings. The Morgan fingerprint density at radius 3 is 1.18 bits per heavy atom. The Hall–Kier alpha value is -2.26. The van der Waals surface area contributed by atoms with Gasteiger partial charge >= 0.3 is 0 Å². The summed E-state index contributed by atoms with van der Waals surface area (Å²) in [4.78, 5) is 0. The van der Waals surface area contributed by atoms with E-state index in [-0.39, 0.29) is 0 Å². The van der Waals surface area contributed by atoms with Gasteiger partial charge in [0.15, 0.2) is 0 Å². The van der Waals surface area contributed by atoms with Crippen LogP contribution in [0.2, 0.25) is 0 Å². The first-order valence-corrected chi connectivity index (χ1v) is 11.9. The predicted octanol–water partition coefficient (Wildman–Crippen LogP) is 7.99. The lowest BCUT2D eigenvalue weighted by Gasteiger charge is -2.18. The van der Waals surface area contributed by atoms with E-state index in [0.717, 1.165) is 16.4 Å². The predicted molar refractivity (Wildman–Crippen MR) is 129 cm³/mol. The van der Waals surface area contributed by atoms with E-state index >= 15 is 0 Å². The highest BCUT2D eigenvalue weighted by atomic mass is 31.0. The van der Waals surface area contributed by atoms with Crippen molar-refractivity contribution in [1.29, 1.82) is 0 Å². The number of hydrogen-bond donors (Lipinski definition) is 0. The van der Waals surface area contributed by atoms with Gasteiger partial charge in [0.1, 0.15) is 0 Å². The molecule has 0 fully saturated rings. The molecule has 2 heterocycles. The molecule has 140 valence electrons. The van der Waals surface area contributed by atoms with E-state index in [2.05, 4.69) is 100.0 Å². The molecule has 0 spiro atoms. The summed E-state index contributed by atoms with van der Waals surface area (Å²) < 4.78 is 0. The van der Waals surface area contributed by atoms with Crippen LogP contribution in [0.5, 0.6) is 0 Å². The molecule has 28 heavy (non-hydrogen) atoms. The SMILES string of the molecule is Cc1c[pH]c(/C(=C(\c2ccccc2)c2[pH]cc(C)c2C)c2ccccc2)c1C. The zero-order chi connectivity index (χ0) is 19.7. The Bertz CT molecular complexity index is 1030. The second-order valence-electron chi connectivity index (χ2n) is 7.43. The number of hydrogen-bond acceptors (Lipinski definition) is 0. The van der Waals surface area contributed by atoms with Crippen molar-refractivity contribution in [3.63, 3.8) is 0 Å². The summed E-state index contributed by atoms with van der Waals surface area (Å²) in [6.07, 6.45) is 0. The van der Waals surface area contributed by atoms with Gasteiger partial charge in [0, 0.05) is 21.7 Å². The van der Waals surface area contributed by atoms with E-state index in [1.54, 1.807) is 0 Å². The number of aryl methyl sites for hydroxylation is 2. The summed E-state index contributed by atoms with van der Waals surface area (Å²) in [5, 5.41) is 2.99. The van der Waals surface area contributed by atoms with Crippen LogP contribution in [0.4, 0.5) is 0 Å². The lowest BCUT2D eigenvalue weighted by atomic mass is 9.89. The Kier molecular flexibility index (Phi) is 5.45. The van der Waals surface area contributed by atoms with Crippen LogP contribution in [0.25, 0.3) is 11.1 Å². The van der Waals surface area contributed by atoms with Crippen LogP contribution in [0.1, 0.15) is 44.0 Å². The van der Waals surface area contributed by atoms with Crippen molar-refractivity contribution in [2.24, 2.45) is 0 Å². The normalized spacial score (nSPS) is 12.7. The second kappa shape index (κ2) is 8.00. The largest absolute Gasteiger partial charge is 0.131 e. The van der Waals surface area contributed by atoms with Crippen molar-refractivity contribution >= 4 is 27.5 Å². The topological polar surface area (TPSA) is 0 Å². The Morgan fingerprint density at radius 2 is 0.893 bits per heavy atom. The average molecular weight is 400 g/mol. The van der Waals surface area contributed by atoms with Crippen LogP contribution < -0.4 is 0 Å². The van der Waals surface area contributed by atoms with Crippen molar-refractivity contribution in [3.8, 4) is 0 Å². The molecule has 2 atom stereocenters. The molecule has 2 aromatic carbocycles. The fraction of sp³-hybridized carbons (Fsp3) is 0.154. The smallest absolute Gasteiger partial charge is 0.00262 e. The molecule has 0 nitrogen and oxygen atoms in total. The molecule has 0 aliphatic rings. The summed E-state index contributed by atoms with van der Waals surface area (Å²) in [6.45, 7) is 9.06. The minimum Gasteiger partial charge on any atom is -0.131 e. The van der Waals surface area contributed by atoms with Gasteiger partial charge in [0.05, 0.1) is 0 Å². The van der Waals surface area contributed by atoms with Gasteiger partial charge in [-0.05, 0) is 72.7 Å². The molecule has 4 rings (SSSR count). The first-order chi connectivity index (χ1) is 13.6. The van der Waals surface area contributed by atoms with Gasteiger partial charge in [0.2, 0.25) is 0 Å². The molecule has 0 saturated carbocycles. The third-order valence-electron chi connectivity index (χ3n) is 5.67. The molecule has 0 radical (unpaired) electrons. The third kappa shape index (κ3) is 3.44. The van der Waals surface area contributed by atoms with E-state index in [0.29, 0.717) is 0 Å². The van der Waals surface area contributed by atoms with Crippen molar-refractivity contribution in [2.75, 3.05) is 0 Å². The van der Waals surface area contributed by atoms with Gasteiger partial charge in [-0.25, -0.2) is 0 Å². The maximum absolute atomic E-state index is 2.40. The zero-order valence-corrected chi connectivity index (χ0v) is 18.9. The summed E-state index contributed by atoms with van der Waals surface area (Å²) in [5.74, 6) is 4.80. The Labute approximate surface area is 171 Å². The second-order valence-corrected chi connectivity index (χ2v) is 9.58. The minimum atomic E-state index is 0.729. The Morgan fingerprint density at radius 1 is 0.536 bits per heavy atom. The van der Waals surface area contributed by atoms with Crippen LogP contribution in [0, 0.1) is 27.7 Å². The fourth-order valence-corrected chi connectivity index (χ4v) is 6.55. The molecule has 2 heteroatoms. The van der Waals surface area contributed by atoms with Crippen molar-refractivity contribution in [1.82, 2.24) is 0 Å². The van der Waals surface area contributed by atoms with Crippen LogP contribution in [-0.4, -0.2) is 0 Å². The van der Waals surface area contributed by atoms with Crippen LogP contribution in [0.15, 0.2) is 72.3 Å². The molecule has 0 aliphatic heterocycles. The summed E-state index contributed by atoms with van der Waals surface area (Å²) in [6, 6.07) is 21.9. The lowest BCUT2D eigenvalue weighted by molar-refractivity contribution is 1.37. The van der Waals surface area contributed by atoms with Gasteiger partial charge in [-0.15, -0.1) is 16.4 Å². The lowest BCUT2D eigenvalue weighted by Crippen LogP contribution is -1.97. The van der Waals surface area contributed by atoms with E-state index in [9.17, 15) is 0 Å². The maximum Gasteiger partial charge on any atom is 0.00262 e. The van der Waals surface area contributed by atoms with Gasteiger partial charge in [-0.2, -0.15) is 0 Å². The van der Waals surface area contributed by atoms with Gasteiger partial charge in [0.25, 0.3) is 0 Å². The first kappa shape index (κ1) is 19.1.